The van der Waals surface area contributed by atoms with E-state index in [0.717, 1.165) is 38.0 Å². The SMILES string of the molecule is COc1cc(C=Nn2c(-c3cccc4ccccc34)csc2=NCc2ccccc2)cc(OC)c1O. The van der Waals surface area contributed by atoms with Crippen molar-refractivity contribution in [3.8, 4) is 28.5 Å². The zero-order valence-corrected chi connectivity index (χ0v) is 20.8. The molecular weight excluding hydrogens is 470 g/mol. The maximum absolute atomic E-state index is 10.3. The highest BCUT2D eigenvalue weighted by atomic mass is 32.1. The molecule has 0 amide bonds. The van der Waals surface area contributed by atoms with Crippen LogP contribution in [0.1, 0.15) is 11.1 Å². The number of rotatable bonds is 7. The highest BCUT2D eigenvalue weighted by Gasteiger charge is 2.13. The van der Waals surface area contributed by atoms with Gasteiger partial charge in [-0.3, -0.25) is 4.99 Å². The average Bonchev–Trinajstić information content (AvgIpc) is 3.33. The summed E-state index contributed by atoms with van der Waals surface area (Å²) in [5.74, 6) is 0.582. The lowest BCUT2D eigenvalue weighted by Gasteiger charge is -2.10. The standard InChI is InChI=1S/C29H25N3O3S/c1-34-26-15-21(16-27(35-2)28(26)33)18-31-32-25(24-14-8-12-22-11-6-7-13-23(22)24)19-36-29(32)30-17-20-9-4-3-5-10-20/h3-16,18-19,33H,17H2,1-2H3. The molecule has 6 nitrogen and oxygen atoms in total. The first-order valence-corrected chi connectivity index (χ1v) is 12.3. The van der Waals surface area contributed by atoms with E-state index in [9.17, 15) is 5.11 Å². The van der Waals surface area contributed by atoms with Crippen LogP contribution < -0.4 is 14.3 Å². The van der Waals surface area contributed by atoms with E-state index in [0.29, 0.717) is 18.0 Å². The van der Waals surface area contributed by atoms with E-state index < -0.39 is 0 Å². The van der Waals surface area contributed by atoms with Crippen LogP contribution in [-0.2, 0) is 6.54 Å². The number of aromatic hydroxyl groups is 1. The molecule has 0 aliphatic rings. The van der Waals surface area contributed by atoms with Crippen molar-refractivity contribution in [2.45, 2.75) is 6.54 Å². The van der Waals surface area contributed by atoms with Crippen LogP contribution in [0.25, 0.3) is 22.0 Å². The predicted octanol–water partition coefficient (Wildman–Crippen LogP) is 6.08. The van der Waals surface area contributed by atoms with Crippen LogP contribution in [0, 0.1) is 0 Å². The molecule has 0 atom stereocenters. The molecule has 0 aliphatic heterocycles. The Labute approximate surface area is 213 Å². The van der Waals surface area contributed by atoms with Gasteiger partial charge in [0.2, 0.25) is 10.6 Å². The normalized spacial score (nSPS) is 11.9. The summed E-state index contributed by atoms with van der Waals surface area (Å²) < 4.78 is 12.5. The van der Waals surface area contributed by atoms with Gasteiger partial charge in [-0.1, -0.05) is 72.8 Å². The summed E-state index contributed by atoms with van der Waals surface area (Å²) in [5, 5.41) is 19.5. The second kappa shape index (κ2) is 10.5. The molecule has 4 aromatic carbocycles. The summed E-state index contributed by atoms with van der Waals surface area (Å²) in [6, 6.07) is 28.1. The molecule has 0 fully saturated rings. The van der Waals surface area contributed by atoms with Gasteiger partial charge in [-0.2, -0.15) is 5.10 Å². The Kier molecular flexibility index (Phi) is 6.82. The Hall–Kier alpha value is -4.36. The van der Waals surface area contributed by atoms with Crippen LogP contribution in [-0.4, -0.2) is 30.2 Å². The minimum Gasteiger partial charge on any atom is -0.502 e. The van der Waals surface area contributed by atoms with Crippen LogP contribution in [0.3, 0.4) is 0 Å². The fourth-order valence-corrected chi connectivity index (χ4v) is 4.84. The summed E-state index contributed by atoms with van der Waals surface area (Å²) in [5.41, 5.74) is 3.86. The van der Waals surface area contributed by atoms with E-state index >= 15 is 0 Å². The van der Waals surface area contributed by atoms with Gasteiger partial charge >= 0.3 is 0 Å². The second-order valence-electron chi connectivity index (χ2n) is 8.06. The first-order valence-electron chi connectivity index (χ1n) is 11.4. The highest BCUT2D eigenvalue weighted by molar-refractivity contribution is 7.07. The van der Waals surface area contributed by atoms with E-state index in [-0.39, 0.29) is 5.75 Å². The average molecular weight is 496 g/mol. The molecule has 1 heterocycles. The number of aromatic nitrogens is 1. The Morgan fingerprint density at radius 3 is 2.33 bits per heavy atom. The number of nitrogens with zero attached hydrogens (tertiary/aromatic N) is 3. The van der Waals surface area contributed by atoms with Crippen molar-refractivity contribution in [3.63, 3.8) is 0 Å². The topological polar surface area (TPSA) is 68.3 Å². The fourth-order valence-electron chi connectivity index (χ4n) is 4.01. The number of thiazole rings is 1. The van der Waals surface area contributed by atoms with Gasteiger partial charge in [0.25, 0.3) is 0 Å². The smallest absolute Gasteiger partial charge is 0.206 e. The third kappa shape index (κ3) is 4.74. The first-order chi connectivity index (χ1) is 17.7. The van der Waals surface area contributed by atoms with Crippen molar-refractivity contribution < 1.29 is 14.6 Å². The molecule has 5 rings (SSSR count). The Morgan fingerprint density at radius 2 is 1.58 bits per heavy atom. The second-order valence-corrected chi connectivity index (χ2v) is 8.90. The Bertz CT molecular complexity index is 1570. The van der Waals surface area contributed by atoms with Crippen molar-refractivity contribution in [2.24, 2.45) is 10.1 Å². The summed E-state index contributed by atoms with van der Waals surface area (Å²) in [6.07, 6.45) is 1.72. The zero-order chi connectivity index (χ0) is 24.9. The van der Waals surface area contributed by atoms with Gasteiger partial charge in [-0.25, -0.2) is 4.68 Å². The summed E-state index contributed by atoms with van der Waals surface area (Å²) in [4.78, 5) is 5.65. The maximum Gasteiger partial charge on any atom is 0.206 e. The number of phenolic OH excluding ortho intramolecular Hbond substituents is 1. The third-order valence-corrected chi connectivity index (χ3v) is 6.67. The van der Waals surface area contributed by atoms with Crippen molar-refractivity contribution >= 4 is 28.3 Å². The zero-order valence-electron chi connectivity index (χ0n) is 20.0. The van der Waals surface area contributed by atoms with Crippen molar-refractivity contribution in [1.29, 1.82) is 0 Å². The van der Waals surface area contributed by atoms with E-state index in [1.54, 1.807) is 29.7 Å². The van der Waals surface area contributed by atoms with Gasteiger partial charge < -0.3 is 14.6 Å². The fraction of sp³-hybridized carbons (Fsp3) is 0.103. The van der Waals surface area contributed by atoms with Gasteiger partial charge in [0, 0.05) is 16.5 Å². The molecule has 0 spiro atoms. The molecule has 0 bridgehead atoms. The maximum atomic E-state index is 10.3. The summed E-state index contributed by atoms with van der Waals surface area (Å²) in [7, 11) is 3.00. The molecule has 0 saturated heterocycles. The third-order valence-electron chi connectivity index (χ3n) is 5.82. The molecule has 0 saturated carbocycles. The molecule has 180 valence electrons. The number of phenols is 1. The highest BCUT2D eigenvalue weighted by Crippen LogP contribution is 2.36. The van der Waals surface area contributed by atoms with E-state index in [4.69, 9.17) is 19.6 Å². The van der Waals surface area contributed by atoms with Gasteiger partial charge in [-0.05, 0) is 28.5 Å². The molecule has 1 N–H and O–H groups in total. The molecular formula is C29H25N3O3S. The molecule has 0 aliphatic carbocycles. The van der Waals surface area contributed by atoms with E-state index in [2.05, 4.69) is 47.8 Å². The number of fused-ring (bicyclic) bond motifs is 1. The van der Waals surface area contributed by atoms with Crippen LogP contribution >= 0.6 is 11.3 Å². The summed E-state index contributed by atoms with van der Waals surface area (Å²) >= 11 is 1.54. The van der Waals surface area contributed by atoms with Crippen LogP contribution in [0.2, 0.25) is 0 Å². The lowest BCUT2D eigenvalue weighted by atomic mass is 10.0. The van der Waals surface area contributed by atoms with Gasteiger partial charge in [0.1, 0.15) is 0 Å². The van der Waals surface area contributed by atoms with Crippen LogP contribution in [0.5, 0.6) is 17.2 Å². The van der Waals surface area contributed by atoms with Gasteiger partial charge in [-0.15, -0.1) is 11.3 Å². The minimum atomic E-state index is -0.0460. The lowest BCUT2D eigenvalue weighted by Crippen LogP contribution is -2.12. The Morgan fingerprint density at radius 1 is 0.889 bits per heavy atom. The molecule has 7 heteroatoms. The Balaban J connectivity index is 1.64. The first kappa shape index (κ1) is 23.4. The van der Waals surface area contributed by atoms with E-state index in [1.165, 1.54) is 14.2 Å². The molecule has 5 aromatic rings. The number of methoxy groups -OCH3 is 2. The quantitative estimate of drug-likeness (QED) is 0.279. The largest absolute Gasteiger partial charge is 0.502 e. The van der Waals surface area contributed by atoms with Gasteiger partial charge in [0.15, 0.2) is 11.5 Å². The predicted molar refractivity (Wildman–Crippen MR) is 145 cm³/mol. The number of benzene rings is 4. The number of ether oxygens (including phenoxy) is 2. The van der Waals surface area contributed by atoms with E-state index in [1.807, 2.05) is 35.0 Å². The summed E-state index contributed by atoms with van der Waals surface area (Å²) in [6.45, 7) is 0.548. The van der Waals surface area contributed by atoms with Crippen LogP contribution in [0.4, 0.5) is 0 Å². The molecule has 36 heavy (non-hydrogen) atoms. The molecule has 0 radical (unpaired) electrons. The number of hydrogen-bond acceptors (Lipinski definition) is 6. The molecule has 1 aromatic heterocycles. The lowest BCUT2D eigenvalue weighted by molar-refractivity contribution is 0.340. The molecule has 0 unspecified atom stereocenters. The van der Waals surface area contributed by atoms with Crippen LogP contribution in [0.15, 0.2) is 100 Å². The monoisotopic (exact) mass is 495 g/mol. The minimum absolute atomic E-state index is 0.0460. The van der Waals surface area contributed by atoms with Crippen molar-refractivity contribution in [2.75, 3.05) is 14.2 Å². The van der Waals surface area contributed by atoms with Crippen molar-refractivity contribution in [1.82, 2.24) is 4.68 Å². The number of hydrogen-bond donors (Lipinski definition) is 1. The van der Waals surface area contributed by atoms with Crippen molar-refractivity contribution in [3.05, 3.63) is 106 Å². The van der Waals surface area contributed by atoms with Gasteiger partial charge in [0.05, 0.1) is 32.7 Å².